The Labute approximate surface area is 168 Å². The summed E-state index contributed by atoms with van der Waals surface area (Å²) in [5.41, 5.74) is 2.48. The van der Waals surface area contributed by atoms with E-state index in [0.29, 0.717) is 5.76 Å². The molecule has 2 heterocycles. The van der Waals surface area contributed by atoms with Crippen molar-refractivity contribution in [3.05, 3.63) is 77.5 Å². The molecule has 0 unspecified atom stereocenters. The van der Waals surface area contributed by atoms with E-state index in [9.17, 15) is 0 Å². The zero-order valence-electron chi connectivity index (χ0n) is 16.3. The highest BCUT2D eigenvalue weighted by atomic mass is 16.7. The van der Waals surface area contributed by atoms with Gasteiger partial charge in [-0.05, 0) is 49.8 Å². The smallest absolute Gasteiger partial charge is 0.232 e. The second-order valence-corrected chi connectivity index (χ2v) is 7.46. The Morgan fingerprint density at radius 1 is 0.893 bits per heavy atom. The van der Waals surface area contributed by atoms with E-state index >= 15 is 0 Å². The van der Waals surface area contributed by atoms with Crippen LogP contribution in [0.15, 0.2) is 66.4 Å². The van der Waals surface area contributed by atoms with Crippen molar-refractivity contribution >= 4 is 5.76 Å². The molecular weight excluding hydrogens is 346 g/mol. The lowest BCUT2D eigenvalue weighted by atomic mass is 9.90. The highest BCUT2D eigenvalue weighted by molar-refractivity contribution is 5.66. The van der Waals surface area contributed by atoms with E-state index in [1.165, 1.54) is 37.9 Å². The predicted octanol–water partition coefficient (Wildman–Crippen LogP) is 4.71. The van der Waals surface area contributed by atoms with Gasteiger partial charge in [-0.25, -0.2) is 0 Å². The first-order valence-corrected chi connectivity index (χ1v) is 10.2. The largest absolute Gasteiger partial charge is 0.452 e. The molecule has 0 aromatic heterocycles. The number of rotatable bonds is 5. The number of benzene rings is 2. The summed E-state index contributed by atoms with van der Waals surface area (Å²) in [6, 6.07) is 20.9. The van der Waals surface area contributed by atoms with E-state index in [4.69, 9.17) is 9.47 Å². The van der Waals surface area contributed by atoms with E-state index in [2.05, 4.69) is 47.1 Å². The molecule has 0 amide bonds. The molecule has 2 aliphatic rings. The third-order valence-corrected chi connectivity index (χ3v) is 5.48. The number of likely N-dealkylation sites (tertiary alicyclic amines) is 1. The van der Waals surface area contributed by atoms with Crippen molar-refractivity contribution in [1.82, 2.24) is 4.90 Å². The molecule has 2 aliphatic heterocycles. The van der Waals surface area contributed by atoms with E-state index in [1.807, 2.05) is 30.3 Å². The maximum Gasteiger partial charge on any atom is 0.232 e. The first-order chi connectivity index (χ1) is 13.9. The number of hydrogen-bond acceptors (Lipinski definition) is 3. The van der Waals surface area contributed by atoms with Gasteiger partial charge in [0.1, 0.15) is 0 Å². The third-order valence-electron chi connectivity index (χ3n) is 5.48. The molecule has 0 bridgehead atoms. The molecule has 0 aliphatic carbocycles. The van der Waals surface area contributed by atoms with Crippen molar-refractivity contribution in [1.29, 1.82) is 0 Å². The van der Waals surface area contributed by atoms with Gasteiger partial charge in [-0.2, -0.15) is 0 Å². The maximum absolute atomic E-state index is 5.60. The van der Waals surface area contributed by atoms with E-state index in [1.54, 1.807) is 0 Å². The lowest BCUT2D eigenvalue weighted by Gasteiger charge is -2.31. The fourth-order valence-corrected chi connectivity index (χ4v) is 3.89. The van der Waals surface area contributed by atoms with Gasteiger partial charge in [0.25, 0.3) is 0 Å². The van der Waals surface area contributed by atoms with Crippen molar-refractivity contribution in [2.75, 3.05) is 26.4 Å². The van der Waals surface area contributed by atoms with Crippen molar-refractivity contribution < 1.29 is 9.47 Å². The fraction of sp³-hybridized carbons (Fsp3) is 0.360. The maximum atomic E-state index is 5.60. The Morgan fingerprint density at radius 2 is 1.61 bits per heavy atom. The molecular formula is C25H27NO2. The summed E-state index contributed by atoms with van der Waals surface area (Å²) in [5, 5.41) is 0. The number of allylic oxidation sites excluding steroid dienone is 1. The summed E-state index contributed by atoms with van der Waals surface area (Å²) in [6.07, 6.45) is 4.63. The van der Waals surface area contributed by atoms with Gasteiger partial charge in [-0.15, -0.1) is 0 Å². The molecule has 0 spiro atoms. The van der Waals surface area contributed by atoms with Crippen molar-refractivity contribution in [3.63, 3.8) is 0 Å². The van der Waals surface area contributed by atoms with Gasteiger partial charge in [-0.1, -0.05) is 66.6 Å². The Hall–Kier alpha value is -2.70. The zero-order valence-corrected chi connectivity index (χ0v) is 16.3. The van der Waals surface area contributed by atoms with Gasteiger partial charge < -0.3 is 14.4 Å². The van der Waals surface area contributed by atoms with Gasteiger partial charge in [0.2, 0.25) is 12.6 Å². The van der Waals surface area contributed by atoms with Gasteiger partial charge in [0, 0.05) is 18.5 Å². The fourth-order valence-electron chi connectivity index (χ4n) is 3.89. The SMILES string of the molecule is C(#CC1=C(c2ccccc2)OCO1)CCN1CCC(Cc2ccccc2)CC1. The van der Waals surface area contributed by atoms with Gasteiger partial charge in [0.05, 0.1) is 0 Å². The van der Waals surface area contributed by atoms with Crippen LogP contribution < -0.4 is 0 Å². The highest BCUT2D eigenvalue weighted by Gasteiger charge is 2.19. The number of hydrogen-bond donors (Lipinski definition) is 0. The molecule has 2 aromatic carbocycles. The lowest BCUT2D eigenvalue weighted by molar-refractivity contribution is 0.0929. The summed E-state index contributed by atoms with van der Waals surface area (Å²) >= 11 is 0. The van der Waals surface area contributed by atoms with Crippen molar-refractivity contribution in [3.8, 4) is 11.8 Å². The second-order valence-electron chi connectivity index (χ2n) is 7.46. The number of nitrogens with zero attached hydrogens (tertiary/aromatic N) is 1. The molecule has 28 heavy (non-hydrogen) atoms. The first kappa shape index (κ1) is 18.7. The molecule has 3 heteroatoms. The van der Waals surface area contributed by atoms with Crippen LogP contribution in [-0.2, 0) is 15.9 Å². The van der Waals surface area contributed by atoms with Crippen LogP contribution in [0.4, 0.5) is 0 Å². The van der Waals surface area contributed by atoms with Crippen LogP contribution in [-0.4, -0.2) is 31.3 Å². The second kappa shape index (κ2) is 9.48. The Bertz CT molecular complexity index is 840. The standard InChI is InChI=1S/C25H27NO2/c1-3-9-21(10-4-1)19-22-14-17-26(18-15-22)16-8-7-13-24-25(28-20-27-24)23-11-5-2-6-12-23/h1-6,9-12,22H,8,14-20H2. The molecule has 4 rings (SSSR count). The molecule has 0 atom stereocenters. The average Bonchev–Trinajstić information content (AvgIpc) is 3.22. The summed E-state index contributed by atoms with van der Waals surface area (Å²) in [7, 11) is 0. The Morgan fingerprint density at radius 3 is 2.36 bits per heavy atom. The van der Waals surface area contributed by atoms with Crippen molar-refractivity contribution in [2.45, 2.75) is 25.7 Å². The Balaban J connectivity index is 1.23. The molecule has 1 fully saturated rings. The third kappa shape index (κ3) is 4.97. The average molecular weight is 373 g/mol. The van der Waals surface area contributed by atoms with E-state index < -0.39 is 0 Å². The van der Waals surface area contributed by atoms with E-state index in [-0.39, 0.29) is 6.79 Å². The van der Waals surface area contributed by atoms with Crippen LogP contribution >= 0.6 is 0 Å². The number of piperidine rings is 1. The van der Waals surface area contributed by atoms with Gasteiger partial charge in [-0.3, -0.25) is 0 Å². The Kier molecular flexibility index (Phi) is 6.32. The minimum Gasteiger partial charge on any atom is -0.452 e. The van der Waals surface area contributed by atoms with E-state index in [0.717, 1.165) is 30.2 Å². The highest BCUT2D eigenvalue weighted by Crippen LogP contribution is 2.26. The predicted molar refractivity (Wildman–Crippen MR) is 112 cm³/mol. The van der Waals surface area contributed by atoms with Crippen molar-refractivity contribution in [2.24, 2.45) is 5.92 Å². The minimum atomic E-state index is 0.253. The van der Waals surface area contributed by atoms with Gasteiger partial charge >= 0.3 is 0 Å². The summed E-state index contributed by atoms with van der Waals surface area (Å²) in [6.45, 7) is 3.64. The quantitative estimate of drug-likeness (QED) is 0.709. The minimum absolute atomic E-state index is 0.253. The molecule has 0 radical (unpaired) electrons. The molecule has 144 valence electrons. The van der Waals surface area contributed by atoms with Crippen LogP contribution in [0.25, 0.3) is 5.76 Å². The lowest BCUT2D eigenvalue weighted by Crippen LogP contribution is -2.34. The van der Waals surface area contributed by atoms with Crippen LogP contribution in [0.5, 0.6) is 0 Å². The van der Waals surface area contributed by atoms with Crippen LogP contribution in [0.3, 0.4) is 0 Å². The molecule has 3 nitrogen and oxygen atoms in total. The topological polar surface area (TPSA) is 21.7 Å². The summed E-state index contributed by atoms with van der Waals surface area (Å²) in [4.78, 5) is 2.54. The first-order valence-electron chi connectivity index (χ1n) is 10.2. The van der Waals surface area contributed by atoms with Crippen LogP contribution in [0.2, 0.25) is 0 Å². The van der Waals surface area contributed by atoms with Crippen LogP contribution in [0, 0.1) is 17.8 Å². The zero-order chi connectivity index (χ0) is 19.0. The monoisotopic (exact) mass is 373 g/mol. The summed E-state index contributed by atoms with van der Waals surface area (Å²) < 4.78 is 11.2. The molecule has 0 saturated carbocycles. The molecule has 0 N–H and O–H groups in total. The normalized spacial score (nSPS) is 17.6. The molecule has 1 saturated heterocycles. The van der Waals surface area contributed by atoms with Crippen LogP contribution in [0.1, 0.15) is 30.4 Å². The summed E-state index contributed by atoms with van der Waals surface area (Å²) in [5.74, 6) is 8.67. The molecule has 2 aromatic rings. The van der Waals surface area contributed by atoms with Gasteiger partial charge in [0.15, 0.2) is 5.76 Å². The number of ether oxygens (including phenoxy) is 2.